The van der Waals surface area contributed by atoms with Gasteiger partial charge in [0, 0.05) is 30.3 Å². The van der Waals surface area contributed by atoms with E-state index in [4.69, 9.17) is 0 Å². The molecule has 0 saturated carbocycles. The summed E-state index contributed by atoms with van der Waals surface area (Å²) in [6.45, 7) is 0.319. The molecule has 0 unspecified atom stereocenters. The third-order valence-electron chi connectivity index (χ3n) is 4.06. The number of benzene rings is 2. The first-order valence-electron chi connectivity index (χ1n) is 8.42. The van der Waals surface area contributed by atoms with E-state index in [1.54, 1.807) is 0 Å². The van der Waals surface area contributed by atoms with Crippen LogP contribution in [0.5, 0.6) is 0 Å². The maximum Gasteiger partial charge on any atom is 0.416 e. The number of rotatable bonds is 5. The maximum absolute atomic E-state index is 12.5. The Kier molecular flexibility index (Phi) is 5.58. The molecule has 0 aliphatic carbocycles. The summed E-state index contributed by atoms with van der Waals surface area (Å²) in [5, 5.41) is 2.57. The average Bonchev–Trinajstić information content (AvgIpc) is 2.69. The minimum atomic E-state index is -4.45. The Morgan fingerprint density at radius 3 is 2.32 bits per heavy atom. The SMILES string of the molecule is O=C(NCCn1cnc(-c2ccccc2)cc1=O)c1ccc(C(F)(F)F)cc1. The number of alkyl halides is 3. The topological polar surface area (TPSA) is 64.0 Å². The fourth-order valence-electron chi connectivity index (χ4n) is 2.56. The van der Waals surface area contributed by atoms with E-state index in [1.807, 2.05) is 30.3 Å². The predicted octanol–water partition coefficient (Wildman–Crippen LogP) is 3.36. The quantitative estimate of drug-likeness (QED) is 0.730. The molecule has 28 heavy (non-hydrogen) atoms. The Morgan fingerprint density at radius 1 is 1.04 bits per heavy atom. The highest BCUT2D eigenvalue weighted by molar-refractivity contribution is 5.94. The van der Waals surface area contributed by atoms with Crippen LogP contribution in [0.4, 0.5) is 13.2 Å². The van der Waals surface area contributed by atoms with Crippen molar-refractivity contribution in [2.24, 2.45) is 0 Å². The number of amides is 1. The van der Waals surface area contributed by atoms with E-state index in [2.05, 4.69) is 10.3 Å². The molecular weight excluding hydrogens is 371 g/mol. The van der Waals surface area contributed by atoms with Gasteiger partial charge in [0.15, 0.2) is 0 Å². The molecule has 3 rings (SSSR count). The van der Waals surface area contributed by atoms with Crippen LogP contribution in [0.1, 0.15) is 15.9 Å². The van der Waals surface area contributed by atoms with Crippen molar-refractivity contribution in [3.63, 3.8) is 0 Å². The molecule has 144 valence electrons. The van der Waals surface area contributed by atoms with Crippen molar-refractivity contribution in [3.8, 4) is 11.3 Å². The van der Waals surface area contributed by atoms with E-state index < -0.39 is 17.6 Å². The minimum Gasteiger partial charge on any atom is -0.350 e. The second-order valence-corrected chi connectivity index (χ2v) is 6.00. The summed E-state index contributed by atoms with van der Waals surface area (Å²) in [5.41, 5.74) is 0.397. The maximum atomic E-state index is 12.5. The first-order valence-corrected chi connectivity index (χ1v) is 8.42. The van der Waals surface area contributed by atoms with E-state index in [0.717, 1.165) is 29.8 Å². The van der Waals surface area contributed by atoms with Crippen LogP contribution in [0.15, 0.2) is 71.8 Å². The second kappa shape index (κ2) is 8.08. The van der Waals surface area contributed by atoms with Gasteiger partial charge < -0.3 is 5.32 Å². The highest BCUT2D eigenvalue weighted by atomic mass is 19.4. The van der Waals surface area contributed by atoms with Crippen molar-refractivity contribution in [2.75, 3.05) is 6.54 Å². The first-order chi connectivity index (χ1) is 13.3. The normalized spacial score (nSPS) is 11.2. The number of nitrogens with zero attached hydrogens (tertiary/aromatic N) is 2. The molecule has 0 radical (unpaired) electrons. The molecule has 0 spiro atoms. The fourth-order valence-corrected chi connectivity index (χ4v) is 2.56. The number of hydrogen-bond donors (Lipinski definition) is 1. The first kappa shape index (κ1) is 19.3. The van der Waals surface area contributed by atoms with Crippen LogP contribution in [0.25, 0.3) is 11.3 Å². The van der Waals surface area contributed by atoms with E-state index in [0.29, 0.717) is 5.69 Å². The summed E-state index contributed by atoms with van der Waals surface area (Å²) in [6.07, 6.45) is -3.05. The molecule has 0 atom stereocenters. The molecule has 0 aliphatic heterocycles. The zero-order valence-electron chi connectivity index (χ0n) is 14.6. The predicted molar refractivity (Wildman–Crippen MR) is 97.7 cm³/mol. The van der Waals surface area contributed by atoms with Crippen LogP contribution in [-0.2, 0) is 12.7 Å². The number of hydrogen-bond acceptors (Lipinski definition) is 3. The molecule has 1 N–H and O–H groups in total. The lowest BCUT2D eigenvalue weighted by Crippen LogP contribution is -2.30. The molecule has 0 aliphatic rings. The van der Waals surface area contributed by atoms with Gasteiger partial charge in [-0.15, -0.1) is 0 Å². The lowest BCUT2D eigenvalue weighted by molar-refractivity contribution is -0.137. The van der Waals surface area contributed by atoms with Crippen LogP contribution < -0.4 is 10.9 Å². The smallest absolute Gasteiger partial charge is 0.350 e. The molecule has 0 fully saturated rings. The highest BCUT2D eigenvalue weighted by Crippen LogP contribution is 2.29. The third kappa shape index (κ3) is 4.64. The van der Waals surface area contributed by atoms with Gasteiger partial charge in [0.25, 0.3) is 11.5 Å². The number of halogens is 3. The Bertz CT molecular complexity index is 1010. The molecule has 8 heteroatoms. The lowest BCUT2D eigenvalue weighted by Gasteiger charge is -2.09. The zero-order valence-corrected chi connectivity index (χ0v) is 14.6. The van der Waals surface area contributed by atoms with Gasteiger partial charge in [-0.25, -0.2) is 4.98 Å². The molecule has 1 aromatic heterocycles. The van der Waals surface area contributed by atoms with E-state index in [-0.39, 0.29) is 24.2 Å². The molecule has 1 heterocycles. The van der Waals surface area contributed by atoms with Gasteiger partial charge >= 0.3 is 6.18 Å². The van der Waals surface area contributed by atoms with Gasteiger partial charge in [0.05, 0.1) is 17.6 Å². The number of carbonyl (C=O) groups excluding carboxylic acids is 1. The number of nitrogens with one attached hydrogen (secondary N) is 1. The van der Waals surface area contributed by atoms with Crippen molar-refractivity contribution in [1.29, 1.82) is 0 Å². The summed E-state index contributed by atoms with van der Waals surface area (Å²) in [4.78, 5) is 28.5. The van der Waals surface area contributed by atoms with Crippen LogP contribution in [0.3, 0.4) is 0 Å². The highest BCUT2D eigenvalue weighted by Gasteiger charge is 2.30. The summed E-state index contributed by atoms with van der Waals surface area (Å²) in [5.74, 6) is -0.518. The van der Waals surface area contributed by atoms with Crippen LogP contribution in [0.2, 0.25) is 0 Å². The molecule has 0 saturated heterocycles. The average molecular weight is 387 g/mol. The second-order valence-electron chi connectivity index (χ2n) is 6.00. The number of carbonyl (C=O) groups is 1. The Balaban J connectivity index is 1.59. The molecule has 2 aromatic carbocycles. The Morgan fingerprint density at radius 2 is 1.71 bits per heavy atom. The molecule has 3 aromatic rings. The van der Waals surface area contributed by atoms with Gasteiger partial charge in [-0.1, -0.05) is 30.3 Å². The van der Waals surface area contributed by atoms with Crippen molar-refractivity contribution >= 4 is 5.91 Å². The van der Waals surface area contributed by atoms with Crippen LogP contribution >= 0.6 is 0 Å². The zero-order chi connectivity index (χ0) is 20.1. The summed E-state index contributed by atoms with van der Waals surface area (Å²) >= 11 is 0. The van der Waals surface area contributed by atoms with Gasteiger partial charge in [-0.2, -0.15) is 13.2 Å². The fraction of sp³-hybridized carbons (Fsp3) is 0.150. The van der Waals surface area contributed by atoms with Gasteiger partial charge in [0.1, 0.15) is 0 Å². The van der Waals surface area contributed by atoms with Crippen molar-refractivity contribution in [2.45, 2.75) is 12.7 Å². The molecular formula is C20H16F3N3O2. The van der Waals surface area contributed by atoms with Crippen molar-refractivity contribution in [1.82, 2.24) is 14.9 Å². The summed E-state index contributed by atoms with van der Waals surface area (Å²) in [7, 11) is 0. The summed E-state index contributed by atoms with van der Waals surface area (Å²) < 4.78 is 39.0. The van der Waals surface area contributed by atoms with Crippen molar-refractivity contribution < 1.29 is 18.0 Å². The van der Waals surface area contributed by atoms with Gasteiger partial charge in [0.2, 0.25) is 0 Å². The van der Waals surface area contributed by atoms with E-state index in [9.17, 15) is 22.8 Å². The standard InChI is InChI=1S/C20H16F3N3O2/c21-20(22,23)16-8-6-15(7-9-16)19(28)24-10-11-26-13-25-17(12-18(26)27)14-4-2-1-3-5-14/h1-9,12-13H,10-11H2,(H,24,28). The van der Waals surface area contributed by atoms with Crippen LogP contribution in [-0.4, -0.2) is 22.0 Å². The third-order valence-corrected chi connectivity index (χ3v) is 4.06. The largest absolute Gasteiger partial charge is 0.416 e. The Labute approximate surface area is 158 Å². The van der Waals surface area contributed by atoms with Crippen LogP contribution in [0, 0.1) is 0 Å². The number of aromatic nitrogens is 2. The molecule has 5 nitrogen and oxygen atoms in total. The minimum absolute atomic E-state index is 0.109. The van der Waals surface area contributed by atoms with E-state index >= 15 is 0 Å². The molecule has 0 bridgehead atoms. The Hall–Kier alpha value is -3.42. The molecule has 1 amide bonds. The van der Waals surface area contributed by atoms with Crippen molar-refractivity contribution in [3.05, 3.63) is 88.5 Å². The van der Waals surface area contributed by atoms with E-state index in [1.165, 1.54) is 17.0 Å². The monoisotopic (exact) mass is 387 g/mol. The van der Waals surface area contributed by atoms with Gasteiger partial charge in [-0.3, -0.25) is 14.2 Å². The van der Waals surface area contributed by atoms with Gasteiger partial charge in [-0.05, 0) is 24.3 Å². The lowest BCUT2D eigenvalue weighted by atomic mass is 10.1. The summed E-state index contributed by atoms with van der Waals surface area (Å²) in [6, 6.07) is 14.6.